The van der Waals surface area contributed by atoms with Crippen LogP contribution in [-0.2, 0) is 25.7 Å². The number of carbonyl (C=O) groups is 3. The second-order valence-corrected chi connectivity index (χ2v) is 5.57. The fourth-order valence-electron chi connectivity index (χ4n) is 2.37. The van der Waals surface area contributed by atoms with Crippen molar-refractivity contribution < 1.29 is 23.9 Å². The van der Waals surface area contributed by atoms with Gasteiger partial charge in [-0.25, -0.2) is 9.59 Å². The van der Waals surface area contributed by atoms with E-state index in [1.165, 1.54) is 7.05 Å². The number of morpholine rings is 1. The van der Waals surface area contributed by atoms with Gasteiger partial charge in [0.25, 0.3) is 0 Å². The zero-order valence-electron chi connectivity index (χ0n) is 14.2. The first-order valence-electron chi connectivity index (χ1n) is 8.14. The fourth-order valence-corrected chi connectivity index (χ4v) is 2.37. The van der Waals surface area contributed by atoms with Crippen LogP contribution < -0.4 is 10.6 Å². The molecule has 1 atom stereocenters. The Morgan fingerprint density at radius 3 is 2.52 bits per heavy atom. The lowest BCUT2D eigenvalue weighted by Crippen LogP contribution is -2.49. The maximum absolute atomic E-state index is 12.3. The Balaban J connectivity index is 1.94. The average Bonchev–Trinajstić information content (AvgIpc) is 2.66. The first kappa shape index (κ1) is 18.7. The van der Waals surface area contributed by atoms with Crippen LogP contribution in [0.3, 0.4) is 0 Å². The molecular formula is C17H23N3O5. The molecule has 0 radical (unpaired) electrons. The van der Waals surface area contributed by atoms with Gasteiger partial charge in [0.2, 0.25) is 5.91 Å². The molecule has 1 fully saturated rings. The van der Waals surface area contributed by atoms with Crippen LogP contribution in [0.25, 0.3) is 0 Å². The Labute approximate surface area is 146 Å². The van der Waals surface area contributed by atoms with E-state index in [0.29, 0.717) is 26.3 Å². The van der Waals surface area contributed by atoms with Crippen LogP contribution in [0.1, 0.15) is 12.0 Å². The minimum Gasteiger partial charge on any atom is -0.459 e. The number of amides is 3. The lowest BCUT2D eigenvalue weighted by molar-refractivity contribution is -0.150. The number of nitrogens with one attached hydrogen (secondary N) is 2. The SMILES string of the molecule is CNC(=O)N[C@H](CC(=O)N1CCOCC1)C(=O)OCc1ccccc1. The largest absolute Gasteiger partial charge is 0.459 e. The van der Waals surface area contributed by atoms with E-state index < -0.39 is 18.0 Å². The molecule has 0 aliphatic carbocycles. The molecule has 136 valence electrons. The number of nitrogens with zero attached hydrogens (tertiary/aromatic N) is 1. The molecule has 3 amide bonds. The highest BCUT2D eigenvalue weighted by atomic mass is 16.5. The first-order chi connectivity index (χ1) is 12.1. The maximum Gasteiger partial charge on any atom is 0.329 e. The quantitative estimate of drug-likeness (QED) is 0.719. The van der Waals surface area contributed by atoms with Crippen molar-refractivity contribution in [3.05, 3.63) is 35.9 Å². The Kier molecular flexibility index (Phi) is 7.21. The van der Waals surface area contributed by atoms with Crippen LogP contribution in [0.15, 0.2) is 30.3 Å². The number of esters is 1. The summed E-state index contributed by atoms with van der Waals surface area (Å²) in [5.74, 6) is -0.865. The molecule has 1 saturated heterocycles. The number of hydrogen-bond donors (Lipinski definition) is 2. The van der Waals surface area contributed by atoms with Gasteiger partial charge in [0.15, 0.2) is 0 Å². The summed E-state index contributed by atoms with van der Waals surface area (Å²) in [6.45, 7) is 1.97. The Morgan fingerprint density at radius 1 is 1.20 bits per heavy atom. The highest BCUT2D eigenvalue weighted by Gasteiger charge is 2.28. The lowest BCUT2D eigenvalue weighted by atomic mass is 10.1. The summed E-state index contributed by atoms with van der Waals surface area (Å²) < 4.78 is 10.5. The maximum atomic E-state index is 12.3. The van der Waals surface area contributed by atoms with E-state index in [-0.39, 0.29) is 18.9 Å². The number of urea groups is 1. The molecule has 1 aliphatic heterocycles. The topological polar surface area (TPSA) is 97.0 Å². The van der Waals surface area contributed by atoms with E-state index in [1.54, 1.807) is 4.90 Å². The first-order valence-corrected chi connectivity index (χ1v) is 8.14. The molecule has 0 bridgehead atoms. The number of ether oxygens (including phenoxy) is 2. The molecule has 8 heteroatoms. The predicted octanol–water partition coefficient (Wildman–Crippen LogP) is 0.276. The summed E-state index contributed by atoms with van der Waals surface area (Å²) in [7, 11) is 1.44. The van der Waals surface area contributed by atoms with Crippen molar-refractivity contribution >= 4 is 17.9 Å². The number of hydrogen-bond acceptors (Lipinski definition) is 5. The molecule has 1 aromatic carbocycles. The van der Waals surface area contributed by atoms with E-state index in [2.05, 4.69) is 10.6 Å². The van der Waals surface area contributed by atoms with Crippen LogP contribution >= 0.6 is 0 Å². The van der Waals surface area contributed by atoms with Crippen LogP contribution in [-0.4, -0.2) is 62.2 Å². The second kappa shape index (κ2) is 9.63. The van der Waals surface area contributed by atoms with Crippen molar-refractivity contribution in [2.24, 2.45) is 0 Å². The lowest BCUT2D eigenvalue weighted by Gasteiger charge is -2.28. The molecule has 25 heavy (non-hydrogen) atoms. The van der Waals surface area contributed by atoms with Crippen molar-refractivity contribution in [3.8, 4) is 0 Å². The third kappa shape index (κ3) is 6.07. The molecule has 0 aromatic heterocycles. The van der Waals surface area contributed by atoms with Gasteiger partial charge in [-0.3, -0.25) is 4.79 Å². The molecule has 1 heterocycles. The van der Waals surface area contributed by atoms with Crippen LogP contribution in [0.4, 0.5) is 4.79 Å². The number of benzene rings is 1. The zero-order valence-corrected chi connectivity index (χ0v) is 14.2. The van der Waals surface area contributed by atoms with Crippen molar-refractivity contribution in [2.45, 2.75) is 19.1 Å². The van der Waals surface area contributed by atoms with Crippen molar-refractivity contribution in [3.63, 3.8) is 0 Å². The van der Waals surface area contributed by atoms with Gasteiger partial charge in [-0.05, 0) is 5.56 Å². The predicted molar refractivity (Wildman–Crippen MR) is 89.6 cm³/mol. The van der Waals surface area contributed by atoms with Gasteiger partial charge in [0.05, 0.1) is 19.6 Å². The van der Waals surface area contributed by atoms with E-state index in [0.717, 1.165) is 5.56 Å². The molecule has 0 spiro atoms. The van der Waals surface area contributed by atoms with Crippen LogP contribution in [0, 0.1) is 0 Å². The summed E-state index contributed by atoms with van der Waals surface area (Å²) in [4.78, 5) is 37.9. The van der Waals surface area contributed by atoms with E-state index in [1.807, 2.05) is 30.3 Å². The molecule has 2 rings (SSSR count). The van der Waals surface area contributed by atoms with Gasteiger partial charge in [-0.15, -0.1) is 0 Å². The molecule has 8 nitrogen and oxygen atoms in total. The molecule has 0 unspecified atom stereocenters. The molecule has 2 N–H and O–H groups in total. The van der Waals surface area contributed by atoms with E-state index in [4.69, 9.17) is 9.47 Å². The highest BCUT2D eigenvalue weighted by molar-refractivity contribution is 5.89. The summed E-state index contributed by atoms with van der Waals surface area (Å²) in [5.41, 5.74) is 0.828. The minimum absolute atomic E-state index is 0.0807. The van der Waals surface area contributed by atoms with E-state index >= 15 is 0 Å². The minimum atomic E-state index is -1.04. The Morgan fingerprint density at radius 2 is 1.88 bits per heavy atom. The van der Waals surface area contributed by atoms with Crippen molar-refractivity contribution in [1.82, 2.24) is 15.5 Å². The fraction of sp³-hybridized carbons (Fsp3) is 0.471. The standard InChI is InChI=1S/C17H23N3O5/c1-18-17(23)19-14(11-15(21)20-7-9-24-10-8-20)16(22)25-12-13-5-3-2-4-6-13/h2-6,14H,7-12H2,1H3,(H2,18,19,23)/t14-/m1/s1. The number of carbonyl (C=O) groups excluding carboxylic acids is 3. The Bertz CT molecular complexity index is 587. The van der Waals surface area contributed by atoms with Gasteiger partial charge in [-0.2, -0.15) is 0 Å². The van der Waals surface area contributed by atoms with E-state index in [9.17, 15) is 14.4 Å². The Hall–Kier alpha value is -2.61. The highest BCUT2D eigenvalue weighted by Crippen LogP contribution is 2.07. The van der Waals surface area contributed by atoms with Gasteiger partial charge in [-0.1, -0.05) is 30.3 Å². The van der Waals surface area contributed by atoms with Gasteiger partial charge in [0.1, 0.15) is 12.6 Å². The monoisotopic (exact) mass is 349 g/mol. The third-order valence-corrected chi connectivity index (χ3v) is 3.78. The third-order valence-electron chi connectivity index (χ3n) is 3.78. The van der Waals surface area contributed by atoms with Crippen LogP contribution in [0.5, 0.6) is 0 Å². The normalized spacial score (nSPS) is 15.2. The van der Waals surface area contributed by atoms with Crippen molar-refractivity contribution in [1.29, 1.82) is 0 Å². The van der Waals surface area contributed by atoms with Gasteiger partial charge in [0, 0.05) is 20.1 Å². The molecule has 0 saturated carbocycles. The van der Waals surface area contributed by atoms with Gasteiger partial charge >= 0.3 is 12.0 Å². The number of rotatable bonds is 6. The molecule has 1 aliphatic rings. The summed E-state index contributed by atoms with van der Waals surface area (Å²) >= 11 is 0. The summed E-state index contributed by atoms with van der Waals surface area (Å²) in [6.07, 6.45) is -0.152. The van der Waals surface area contributed by atoms with Crippen LogP contribution in [0.2, 0.25) is 0 Å². The zero-order chi connectivity index (χ0) is 18.1. The molecule has 1 aromatic rings. The average molecular weight is 349 g/mol. The van der Waals surface area contributed by atoms with Crippen molar-refractivity contribution in [2.75, 3.05) is 33.4 Å². The van der Waals surface area contributed by atoms with Gasteiger partial charge < -0.3 is 25.0 Å². The molecular weight excluding hydrogens is 326 g/mol. The smallest absolute Gasteiger partial charge is 0.329 e. The summed E-state index contributed by atoms with van der Waals surface area (Å²) in [6, 6.07) is 7.61. The summed E-state index contributed by atoms with van der Waals surface area (Å²) in [5, 5.41) is 4.84. The second-order valence-electron chi connectivity index (χ2n) is 5.57.